The van der Waals surface area contributed by atoms with Crippen LogP contribution in [0, 0.1) is 5.92 Å². The summed E-state index contributed by atoms with van der Waals surface area (Å²) in [5.74, 6) is 0.695. The highest BCUT2D eigenvalue weighted by Gasteiger charge is 2.25. The van der Waals surface area contributed by atoms with Gasteiger partial charge in [-0.05, 0) is 25.2 Å². The van der Waals surface area contributed by atoms with Crippen LogP contribution in [0.1, 0.15) is 33.1 Å². The van der Waals surface area contributed by atoms with E-state index in [1.807, 2.05) is 0 Å². The molecule has 1 rings (SSSR count). The highest BCUT2D eigenvalue weighted by atomic mass is 16.5. The summed E-state index contributed by atoms with van der Waals surface area (Å²) in [6.45, 7) is 7.11. The van der Waals surface area contributed by atoms with Crippen molar-refractivity contribution in [3.63, 3.8) is 0 Å². The second kappa shape index (κ2) is 7.20. The highest BCUT2D eigenvalue weighted by molar-refractivity contribution is 4.81. The van der Waals surface area contributed by atoms with E-state index in [0.717, 1.165) is 26.2 Å². The van der Waals surface area contributed by atoms with E-state index < -0.39 is 0 Å². The molecule has 3 nitrogen and oxygen atoms in total. The minimum Gasteiger partial charge on any atom is -0.383 e. The maximum atomic E-state index is 5.44. The molecule has 0 spiro atoms. The van der Waals surface area contributed by atoms with Crippen molar-refractivity contribution < 1.29 is 9.47 Å². The van der Waals surface area contributed by atoms with Crippen molar-refractivity contribution in [3.05, 3.63) is 0 Å². The predicted molar refractivity (Wildman–Crippen MR) is 62.1 cm³/mol. The van der Waals surface area contributed by atoms with Crippen LogP contribution >= 0.6 is 0 Å². The van der Waals surface area contributed by atoms with Gasteiger partial charge in [0.25, 0.3) is 0 Å². The van der Waals surface area contributed by atoms with Crippen LogP contribution < -0.4 is 5.32 Å². The van der Waals surface area contributed by atoms with Gasteiger partial charge < -0.3 is 14.8 Å². The van der Waals surface area contributed by atoms with Gasteiger partial charge in [-0.25, -0.2) is 0 Å². The van der Waals surface area contributed by atoms with E-state index in [9.17, 15) is 0 Å². The molecule has 0 saturated carbocycles. The van der Waals surface area contributed by atoms with Gasteiger partial charge >= 0.3 is 0 Å². The largest absolute Gasteiger partial charge is 0.383 e. The van der Waals surface area contributed by atoms with Crippen LogP contribution in [0.2, 0.25) is 0 Å². The van der Waals surface area contributed by atoms with Crippen molar-refractivity contribution in [1.82, 2.24) is 5.32 Å². The molecule has 0 amide bonds. The van der Waals surface area contributed by atoms with E-state index in [1.54, 1.807) is 7.11 Å². The van der Waals surface area contributed by atoms with Crippen molar-refractivity contribution in [2.75, 3.05) is 26.9 Å². The topological polar surface area (TPSA) is 30.5 Å². The summed E-state index contributed by atoms with van der Waals surface area (Å²) in [5.41, 5.74) is 0. The van der Waals surface area contributed by atoms with Crippen LogP contribution in [0.25, 0.3) is 0 Å². The van der Waals surface area contributed by atoms with Gasteiger partial charge in [-0.2, -0.15) is 0 Å². The summed E-state index contributed by atoms with van der Waals surface area (Å²) in [5, 5.41) is 3.69. The zero-order valence-electron chi connectivity index (χ0n) is 10.3. The normalized spacial score (nSPS) is 25.4. The quantitative estimate of drug-likeness (QED) is 0.702. The third-order valence-corrected chi connectivity index (χ3v) is 3.28. The second-order valence-electron chi connectivity index (χ2n) is 4.37. The highest BCUT2D eigenvalue weighted by Crippen LogP contribution is 2.19. The monoisotopic (exact) mass is 215 g/mol. The van der Waals surface area contributed by atoms with Crippen LogP contribution in [0.3, 0.4) is 0 Å². The van der Waals surface area contributed by atoms with Gasteiger partial charge in [-0.1, -0.05) is 13.8 Å². The molecule has 0 aromatic heterocycles. The van der Waals surface area contributed by atoms with Crippen LogP contribution in [0.5, 0.6) is 0 Å². The molecule has 3 atom stereocenters. The first-order valence-electron chi connectivity index (χ1n) is 6.14. The molecular formula is C12H25NO2. The minimum atomic E-state index is 0.487. The molecule has 0 aromatic carbocycles. The number of methoxy groups -OCH3 is 1. The second-order valence-corrected chi connectivity index (χ2v) is 4.37. The summed E-state index contributed by atoms with van der Waals surface area (Å²) in [7, 11) is 1.77. The van der Waals surface area contributed by atoms with Crippen LogP contribution in [-0.2, 0) is 9.47 Å². The first kappa shape index (κ1) is 12.9. The SMILES string of the molecule is CCC(COC)NC(CC)C1CCOC1. The van der Waals surface area contributed by atoms with E-state index in [1.165, 1.54) is 12.8 Å². The Labute approximate surface area is 93.5 Å². The van der Waals surface area contributed by atoms with E-state index >= 15 is 0 Å². The molecule has 3 unspecified atom stereocenters. The first-order chi connectivity index (χ1) is 7.31. The molecular weight excluding hydrogens is 190 g/mol. The summed E-state index contributed by atoms with van der Waals surface area (Å²) in [6, 6.07) is 1.08. The van der Waals surface area contributed by atoms with Crippen molar-refractivity contribution in [3.8, 4) is 0 Å². The van der Waals surface area contributed by atoms with Crippen molar-refractivity contribution in [1.29, 1.82) is 0 Å². The summed E-state index contributed by atoms with van der Waals surface area (Å²) < 4.78 is 10.7. The van der Waals surface area contributed by atoms with Gasteiger partial charge in [-0.3, -0.25) is 0 Å². The molecule has 0 radical (unpaired) electrons. The van der Waals surface area contributed by atoms with E-state index in [-0.39, 0.29) is 0 Å². The Morgan fingerprint density at radius 1 is 1.40 bits per heavy atom. The summed E-state index contributed by atoms with van der Waals surface area (Å²) >= 11 is 0. The maximum absolute atomic E-state index is 5.44. The fraction of sp³-hybridized carbons (Fsp3) is 1.00. The standard InChI is InChI=1S/C12H25NO2/c1-4-11(9-14-3)13-12(5-2)10-6-7-15-8-10/h10-13H,4-9H2,1-3H3. The summed E-state index contributed by atoms with van der Waals surface area (Å²) in [6.07, 6.45) is 3.50. The Balaban J connectivity index is 2.36. The molecule has 0 aliphatic carbocycles. The van der Waals surface area contributed by atoms with Gasteiger partial charge in [-0.15, -0.1) is 0 Å². The third kappa shape index (κ3) is 4.09. The average Bonchev–Trinajstić information content (AvgIpc) is 2.77. The third-order valence-electron chi connectivity index (χ3n) is 3.28. The lowest BCUT2D eigenvalue weighted by Crippen LogP contribution is -2.44. The van der Waals surface area contributed by atoms with Gasteiger partial charge in [0.05, 0.1) is 13.2 Å². The van der Waals surface area contributed by atoms with Gasteiger partial charge in [0.15, 0.2) is 0 Å². The Morgan fingerprint density at radius 2 is 2.20 bits per heavy atom. The molecule has 3 heteroatoms. The maximum Gasteiger partial charge on any atom is 0.0615 e. The van der Waals surface area contributed by atoms with E-state index in [4.69, 9.17) is 9.47 Å². The zero-order valence-corrected chi connectivity index (χ0v) is 10.3. The molecule has 1 aliphatic rings. The lowest BCUT2D eigenvalue weighted by atomic mass is 9.96. The molecule has 1 N–H and O–H groups in total. The first-order valence-corrected chi connectivity index (χ1v) is 6.14. The van der Waals surface area contributed by atoms with E-state index in [2.05, 4.69) is 19.2 Å². The van der Waals surface area contributed by atoms with Crippen LogP contribution in [-0.4, -0.2) is 39.0 Å². The number of ether oxygens (including phenoxy) is 2. The number of nitrogens with one attached hydrogen (secondary N) is 1. The average molecular weight is 215 g/mol. The smallest absolute Gasteiger partial charge is 0.0615 e. The Bertz CT molecular complexity index is 158. The Morgan fingerprint density at radius 3 is 2.67 bits per heavy atom. The lowest BCUT2D eigenvalue weighted by Gasteiger charge is -2.27. The minimum absolute atomic E-state index is 0.487. The molecule has 1 fully saturated rings. The lowest BCUT2D eigenvalue weighted by molar-refractivity contribution is 0.142. The number of hydrogen-bond acceptors (Lipinski definition) is 3. The molecule has 1 heterocycles. The number of rotatable bonds is 7. The Hall–Kier alpha value is -0.120. The molecule has 0 aromatic rings. The van der Waals surface area contributed by atoms with Crippen LogP contribution in [0.15, 0.2) is 0 Å². The predicted octanol–water partition coefficient (Wildman–Crippen LogP) is 1.82. The molecule has 1 aliphatic heterocycles. The fourth-order valence-corrected chi connectivity index (χ4v) is 2.25. The van der Waals surface area contributed by atoms with Crippen LogP contribution in [0.4, 0.5) is 0 Å². The summed E-state index contributed by atoms with van der Waals surface area (Å²) in [4.78, 5) is 0. The molecule has 0 bridgehead atoms. The van der Waals surface area contributed by atoms with Gasteiger partial charge in [0.2, 0.25) is 0 Å². The molecule has 1 saturated heterocycles. The fourth-order valence-electron chi connectivity index (χ4n) is 2.25. The van der Waals surface area contributed by atoms with Crippen molar-refractivity contribution in [2.45, 2.75) is 45.2 Å². The van der Waals surface area contributed by atoms with Crippen molar-refractivity contribution >= 4 is 0 Å². The van der Waals surface area contributed by atoms with Crippen molar-refractivity contribution in [2.24, 2.45) is 5.92 Å². The van der Waals surface area contributed by atoms with Gasteiger partial charge in [0.1, 0.15) is 0 Å². The van der Waals surface area contributed by atoms with E-state index in [0.29, 0.717) is 18.0 Å². The van der Waals surface area contributed by atoms with Gasteiger partial charge in [0, 0.05) is 25.8 Å². The Kier molecular flexibility index (Phi) is 6.22. The molecule has 15 heavy (non-hydrogen) atoms. The zero-order chi connectivity index (χ0) is 11.1. The molecule has 90 valence electrons. The number of hydrogen-bond donors (Lipinski definition) is 1.